The fourth-order valence-electron chi connectivity index (χ4n) is 2.98. The first kappa shape index (κ1) is 25.8. The van der Waals surface area contributed by atoms with Crippen molar-refractivity contribution < 1.29 is 24.5 Å². The first-order valence-corrected chi connectivity index (χ1v) is 10.2. The minimum Gasteiger partial charge on any atom is -0.394 e. The summed E-state index contributed by atoms with van der Waals surface area (Å²) in [5.74, 6) is -0.502. The van der Waals surface area contributed by atoms with Crippen LogP contribution in [-0.4, -0.2) is 60.5 Å². The minimum atomic E-state index is -1.03. The normalized spacial score (nSPS) is 14.6. The molecular formula is C20H40N2O5. The third kappa shape index (κ3) is 12.8. The Kier molecular flexibility index (Phi) is 15.1. The van der Waals surface area contributed by atoms with Crippen LogP contribution in [0.5, 0.6) is 0 Å². The van der Waals surface area contributed by atoms with Crippen molar-refractivity contribution >= 4 is 11.8 Å². The zero-order valence-corrected chi connectivity index (χ0v) is 17.5. The molecule has 0 aromatic heterocycles. The van der Waals surface area contributed by atoms with E-state index in [0.29, 0.717) is 12.3 Å². The van der Waals surface area contributed by atoms with Crippen molar-refractivity contribution in [1.82, 2.24) is 10.6 Å². The monoisotopic (exact) mass is 388 g/mol. The zero-order valence-electron chi connectivity index (χ0n) is 17.5. The van der Waals surface area contributed by atoms with Crippen LogP contribution in [0, 0.1) is 5.92 Å². The number of aliphatic hydroxyl groups excluding tert-OH is 2. The van der Waals surface area contributed by atoms with E-state index in [1.54, 1.807) is 7.11 Å². The molecule has 0 aliphatic rings. The van der Waals surface area contributed by atoms with E-state index in [1.165, 1.54) is 19.3 Å². The topological polar surface area (TPSA) is 108 Å². The molecule has 3 unspecified atom stereocenters. The third-order valence-electron chi connectivity index (χ3n) is 4.53. The molecule has 4 N–H and O–H groups in total. The number of amides is 2. The van der Waals surface area contributed by atoms with Crippen molar-refractivity contribution in [3.8, 4) is 0 Å². The summed E-state index contributed by atoms with van der Waals surface area (Å²) in [5.41, 5.74) is 0. The fourth-order valence-corrected chi connectivity index (χ4v) is 2.98. The maximum atomic E-state index is 12.3. The van der Waals surface area contributed by atoms with Gasteiger partial charge in [0.15, 0.2) is 0 Å². The lowest BCUT2D eigenvalue weighted by Gasteiger charge is -2.23. The molecule has 7 heteroatoms. The smallest absolute Gasteiger partial charge is 0.245 e. The maximum absolute atomic E-state index is 12.3. The van der Waals surface area contributed by atoms with E-state index in [2.05, 4.69) is 17.6 Å². The molecule has 0 aliphatic heterocycles. The molecule has 0 aliphatic carbocycles. The number of unbranched alkanes of at least 4 members (excludes halogenated alkanes) is 4. The fraction of sp³-hybridized carbons (Fsp3) is 0.900. The first-order valence-electron chi connectivity index (χ1n) is 10.2. The SMILES string of the molecule is CCCCCCCC(CC(=O)NC(CO)C(=O)NC(CO)CC(C)C)OC. The minimum absolute atomic E-state index is 0.156. The number of hydrogen-bond donors (Lipinski definition) is 4. The van der Waals surface area contributed by atoms with Crippen molar-refractivity contribution in [3.05, 3.63) is 0 Å². The van der Waals surface area contributed by atoms with Crippen molar-refractivity contribution in [2.75, 3.05) is 20.3 Å². The lowest BCUT2D eigenvalue weighted by Crippen LogP contribution is -2.52. The second-order valence-electron chi connectivity index (χ2n) is 7.59. The molecule has 0 saturated carbocycles. The highest BCUT2D eigenvalue weighted by atomic mass is 16.5. The van der Waals surface area contributed by atoms with Gasteiger partial charge in [-0.05, 0) is 18.8 Å². The van der Waals surface area contributed by atoms with Crippen LogP contribution in [0.25, 0.3) is 0 Å². The molecule has 2 amide bonds. The van der Waals surface area contributed by atoms with Gasteiger partial charge in [0.2, 0.25) is 11.8 Å². The molecule has 0 rings (SSSR count). The highest BCUT2D eigenvalue weighted by Gasteiger charge is 2.24. The van der Waals surface area contributed by atoms with Gasteiger partial charge in [-0.2, -0.15) is 0 Å². The van der Waals surface area contributed by atoms with E-state index < -0.39 is 24.6 Å². The summed E-state index contributed by atoms with van der Waals surface area (Å²) >= 11 is 0. The Bertz CT molecular complexity index is 404. The van der Waals surface area contributed by atoms with Crippen LogP contribution in [-0.2, 0) is 14.3 Å². The molecule has 3 atom stereocenters. The molecule has 0 aromatic carbocycles. The Morgan fingerprint density at radius 2 is 1.67 bits per heavy atom. The number of methoxy groups -OCH3 is 1. The number of ether oxygens (including phenoxy) is 1. The molecule has 27 heavy (non-hydrogen) atoms. The molecule has 0 radical (unpaired) electrons. The van der Waals surface area contributed by atoms with Gasteiger partial charge in [0.25, 0.3) is 0 Å². The van der Waals surface area contributed by atoms with Gasteiger partial charge in [0.05, 0.1) is 31.8 Å². The summed E-state index contributed by atoms with van der Waals surface area (Å²) in [6.45, 7) is 5.48. The first-order chi connectivity index (χ1) is 12.9. The Labute approximate surface area is 164 Å². The van der Waals surface area contributed by atoms with Gasteiger partial charge in [0.1, 0.15) is 6.04 Å². The number of carbonyl (C=O) groups is 2. The molecular weight excluding hydrogens is 348 g/mol. The van der Waals surface area contributed by atoms with Gasteiger partial charge in [0, 0.05) is 7.11 Å². The number of carbonyl (C=O) groups excluding carboxylic acids is 2. The second kappa shape index (κ2) is 15.8. The molecule has 0 fully saturated rings. The van der Waals surface area contributed by atoms with Crippen molar-refractivity contribution in [2.45, 2.75) is 90.3 Å². The highest BCUT2D eigenvalue weighted by molar-refractivity contribution is 5.88. The average molecular weight is 389 g/mol. The molecule has 0 aromatic rings. The van der Waals surface area contributed by atoms with E-state index in [4.69, 9.17) is 4.74 Å². The van der Waals surface area contributed by atoms with Crippen LogP contribution in [0.4, 0.5) is 0 Å². The van der Waals surface area contributed by atoms with Crippen LogP contribution in [0.15, 0.2) is 0 Å². The molecule has 0 spiro atoms. The van der Waals surface area contributed by atoms with Crippen molar-refractivity contribution in [2.24, 2.45) is 5.92 Å². The van der Waals surface area contributed by atoms with Crippen LogP contribution < -0.4 is 10.6 Å². The third-order valence-corrected chi connectivity index (χ3v) is 4.53. The number of rotatable bonds is 16. The van der Waals surface area contributed by atoms with E-state index in [1.807, 2.05) is 13.8 Å². The summed E-state index contributed by atoms with van der Waals surface area (Å²) in [5, 5.41) is 24.1. The Balaban J connectivity index is 4.40. The number of nitrogens with one attached hydrogen (secondary N) is 2. The van der Waals surface area contributed by atoms with Crippen LogP contribution in [0.1, 0.15) is 72.1 Å². The zero-order chi connectivity index (χ0) is 20.7. The van der Waals surface area contributed by atoms with Gasteiger partial charge >= 0.3 is 0 Å². The molecule has 7 nitrogen and oxygen atoms in total. The second-order valence-corrected chi connectivity index (χ2v) is 7.59. The van der Waals surface area contributed by atoms with Gasteiger partial charge in [-0.1, -0.05) is 52.9 Å². The summed E-state index contributed by atoms with van der Waals surface area (Å²) in [4.78, 5) is 24.5. The van der Waals surface area contributed by atoms with Crippen molar-refractivity contribution in [1.29, 1.82) is 0 Å². The quantitative estimate of drug-likeness (QED) is 0.301. The van der Waals surface area contributed by atoms with Crippen LogP contribution in [0.3, 0.4) is 0 Å². The predicted octanol–water partition coefficient (Wildman–Crippen LogP) is 1.75. The summed E-state index contributed by atoms with van der Waals surface area (Å²) in [6.07, 6.45) is 7.10. The standard InChI is InChI=1S/C20H40N2O5/c1-5-6-7-8-9-10-17(27-4)12-19(25)22-18(14-24)20(26)21-16(13-23)11-15(2)3/h15-18,23-24H,5-14H2,1-4H3,(H,21,26)(H,22,25). The van der Waals surface area contributed by atoms with E-state index >= 15 is 0 Å². The van der Waals surface area contributed by atoms with Gasteiger partial charge in [-0.15, -0.1) is 0 Å². The van der Waals surface area contributed by atoms with Crippen molar-refractivity contribution in [3.63, 3.8) is 0 Å². The lowest BCUT2D eigenvalue weighted by atomic mass is 10.0. The predicted molar refractivity (Wildman–Crippen MR) is 106 cm³/mol. The summed E-state index contributed by atoms with van der Waals surface area (Å²) in [6, 6.07) is -1.42. The van der Waals surface area contributed by atoms with Gasteiger partial charge < -0.3 is 25.6 Å². The molecule has 0 heterocycles. The van der Waals surface area contributed by atoms with E-state index in [-0.39, 0.29) is 25.0 Å². The molecule has 160 valence electrons. The van der Waals surface area contributed by atoms with Crippen LogP contribution in [0.2, 0.25) is 0 Å². The Hall–Kier alpha value is -1.18. The van der Waals surface area contributed by atoms with Gasteiger partial charge in [-0.25, -0.2) is 0 Å². The van der Waals surface area contributed by atoms with E-state index in [9.17, 15) is 19.8 Å². The van der Waals surface area contributed by atoms with E-state index in [0.717, 1.165) is 19.3 Å². The number of hydrogen-bond acceptors (Lipinski definition) is 5. The maximum Gasteiger partial charge on any atom is 0.245 e. The van der Waals surface area contributed by atoms with Gasteiger partial charge in [-0.3, -0.25) is 9.59 Å². The highest BCUT2D eigenvalue weighted by Crippen LogP contribution is 2.12. The average Bonchev–Trinajstić information content (AvgIpc) is 2.63. The summed E-state index contributed by atoms with van der Waals surface area (Å²) < 4.78 is 5.37. The Morgan fingerprint density at radius 3 is 2.19 bits per heavy atom. The number of aliphatic hydroxyl groups is 2. The van der Waals surface area contributed by atoms with Crippen LogP contribution >= 0.6 is 0 Å². The lowest BCUT2D eigenvalue weighted by molar-refractivity contribution is -0.131. The summed E-state index contributed by atoms with van der Waals surface area (Å²) in [7, 11) is 1.58. The Morgan fingerprint density at radius 1 is 1.00 bits per heavy atom. The molecule has 0 saturated heterocycles. The largest absolute Gasteiger partial charge is 0.394 e. The molecule has 0 bridgehead atoms.